The van der Waals surface area contributed by atoms with Crippen molar-refractivity contribution in [3.05, 3.63) is 0 Å². The van der Waals surface area contributed by atoms with Crippen molar-refractivity contribution >= 4 is 28.2 Å². The summed E-state index contributed by atoms with van der Waals surface area (Å²) in [6.45, 7) is 6.14. The molecule has 7 heteroatoms. The monoisotopic (exact) mass is 324 g/mol. The first-order chi connectivity index (χ1) is 8.54. The highest BCUT2D eigenvalue weighted by atomic mass is 35.5. The Hall–Kier alpha value is -0.490. The second-order valence-corrected chi connectivity index (χ2v) is 9.35. The number of hydrogen-bond donors (Lipinski definition) is 1. The molecule has 5 nitrogen and oxygen atoms in total. The van der Waals surface area contributed by atoms with Crippen molar-refractivity contribution in [2.24, 2.45) is 0 Å². The number of amides is 1. The van der Waals surface area contributed by atoms with Crippen LogP contribution in [0.25, 0.3) is 0 Å². The molecule has 1 aliphatic carbocycles. The summed E-state index contributed by atoms with van der Waals surface area (Å²) in [5.41, 5.74) is -0.664. The normalized spacial score (nSPS) is 27.4. The van der Waals surface area contributed by atoms with E-state index in [1.807, 2.05) is 20.8 Å². The van der Waals surface area contributed by atoms with Crippen LogP contribution in [0.15, 0.2) is 0 Å². The summed E-state index contributed by atoms with van der Waals surface area (Å²) >= 11 is 0. The highest BCUT2D eigenvalue weighted by Gasteiger charge is 2.55. The third-order valence-corrected chi connectivity index (χ3v) is 5.61. The topological polar surface area (TPSA) is 70.5 Å². The van der Waals surface area contributed by atoms with Crippen molar-refractivity contribution in [3.63, 3.8) is 0 Å². The summed E-state index contributed by atoms with van der Waals surface area (Å²) in [6.07, 6.45) is 4.45. The number of carbonyl (C=O) groups is 1. The lowest BCUT2D eigenvalue weighted by Gasteiger charge is -2.40. The Morgan fingerprint density at radius 3 is 2.35 bits per heavy atom. The second-order valence-electron chi connectivity index (χ2n) is 6.88. The molecule has 118 valence electrons. The van der Waals surface area contributed by atoms with E-state index in [9.17, 15) is 9.00 Å². The summed E-state index contributed by atoms with van der Waals surface area (Å²) in [4.78, 5) is 14.0. The van der Waals surface area contributed by atoms with Crippen molar-refractivity contribution < 1.29 is 13.7 Å². The zero-order valence-electron chi connectivity index (χ0n) is 12.6. The van der Waals surface area contributed by atoms with E-state index in [1.165, 1.54) is 6.26 Å². The Bertz CT molecular complexity index is 480. The highest BCUT2D eigenvalue weighted by molar-refractivity contribution is 7.92. The van der Waals surface area contributed by atoms with Gasteiger partial charge in [0.25, 0.3) is 0 Å². The van der Waals surface area contributed by atoms with Crippen LogP contribution in [0.2, 0.25) is 0 Å². The fourth-order valence-corrected chi connectivity index (χ4v) is 3.93. The number of piperidine rings is 1. The number of nitrogens with zero attached hydrogens (tertiary/aromatic N) is 1. The minimum absolute atomic E-state index is 0. The molecule has 0 aromatic carbocycles. The van der Waals surface area contributed by atoms with Crippen LogP contribution in [-0.4, -0.2) is 44.4 Å². The molecular formula is C13H25ClN2O3S. The van der Waals surface area contributed by atoms with Gasteiger partial charge in [-0.15, -0.1) is 12.4 Å². The zero-order valence-corrected chi connectivity index (χ0v) is 14.2. The fourth-order valence-electron chi connectivity index (χ4n) is 2.75. The number of nitrogens with one attached hydrogen (secondary N) is 1. The molecule has 0 radical (unpaired) electrons. The first kappa shape index (κ1) is 17.6. The lowest BCUT2D eigenvalue weighted by Crippen LogP contribution is -2.52. The summed E-state index contributed by atoms with van der Waals surface area (Å²) < 4.78 is 25.1. The quantitative estimate of drug-likeness (QED) is 0.806. The highest BCUT2D eigenvalue weighted by Crippen LogP contribution is 2.50. The van der Waals surface area contributed by atoms with E-state index in [4.69, 9.17) is 9.52 Å². The van der Waals surface area contributed by atoms with Gasteiger partial charge in [-0.25, -0.2) is 9.00 Å². The predicted molar refractivity (Wildman–Crippen MR) is 82.0 cm³/mol. The van der Waals surface area contributed by atoms with Crippen LogP contribution in [-0.2, 0) is 14.5 Å². The third kappa shape index (κ3) is 3.79. The molecular weight excluding hydrogens is 300 g/mol. The van der Waals surface area contributed by atoms with Gasteiger partial charge in [-0.1, -0.05) is 0 Å². The van der Waals surface area contributed by atoms with Gasteiger partial charge in [0.05, 0.1) is 0 Å². The first-order valence-corrected chi connectivity index (χ1v) is 8.80. The van der Waals surface area contributed by atoms with E-state index in [2.05, 4.69) is 0 Å². The Labute approximate surface area is 127 Å². The average molecular weight is 325 g/mol. The number of rotatable bonds is 1. The van der Waals surface area contributed by atoms with Gasteiger partial charge in [0.2, 0.25) is 0 Å². The van der Waals surface area contributed by atoms with Gasteiger partial charge in [-0.05, 0) is 46.5 Å². The summed E-state index contributed by atoms with van der Waals surface area (Å²) in [6, 6.07) is 0. The lowest BCUT2D eigenvalue weighted by atomic mass is 10.00. The molecule has 2 unspecified atom stereocenters. The molecule has 2 atom stereocenters. The van der Waals surface area contributed by atoms with Gasteiger partial charge in [0, 0.05) is 33.3 Å². The lowest BCUT2D eigenvalue weighted by molar-refractivity contribution is 0.00626. The number of ether oxygens (including phenoxy) is 1. The van der Waals surface area contributed by atoms with Crippen LogP contribution < -0.4 is 0 Å². The molecule has 1 aliphatic heterocycles. The van der Waals surface area contributed by atoms with Crippen LogP contribution in [0.5, 0.6) is 0 Å². The van der Waals surface area contributed by atoms with Crippen molar-refractivity contribution in [2.45, 2.75) is 62.8 Å². The Morgan fingerprint density at radius 1 is 1.40 bits per heavy atom. The SMILES string of the molecule is CC(C)(C)OC(=O)N1CCC(S(C)(=N)=O)CC12CC2.Cl. The van der Waals surface area contributed by atoms with Crippen LogP contribution in [0.4, 0.5) is 4.79 Å². The van der Waals surface area contributed by atoms with Gasteiger partial charge in [0.15, 0.2) is 0 Å². The maximum Gasteiger partial charge on any atom is 0.410 e. The van der Waals surface area contributed by atoms with Crippen molar-refractivity contribution in [1.82, 2.24) is 4.90 Å². The Balaban J connectivity index is 0.00000200. The summed E-state index contributed by atoms with van der Waals surface area (Å²) in [7, 11) is -2.52. The summed E-state index contributed by atoms with van der Waals surface area (Å²) in [5, 5.41) is -0.0892. The van der Waals surface area contributed by atoms with Crippen LogP contribution in [0.1, 0.15) is 46.5 Å². The molecule has 20 heavy (non-hydrogen) atoms. The fraction of sp³-hybridized carbons (Fsp3) is 0.923. The molecule has 0 bridgehead atoms. The molecule has 1 spiro atoms. The van der Waals surface area contributed by atoms with Crippen molar-refractivity contribution in [3.8, 4) is 0 Å². The molecule has 0 aromatic heterocycles. The van der Waals surface area contributed by atoms with Gasteiger partial charge >= 0.3 is 6.09 Å². The first-order valence-electron chi connectivity index (χ1n) is 6.77. The van der Waals surface area contributed by atoms with Gasteiger partial charge in [-0.3, -0.25) is 4.78 Å². The van der Waals surface area contributed by atoms with E-state index in [1.54, 1.807) is 4.90 Å². The smallest absolute Gasteiger partial charge is 0.410 e. The largest absolute Gasteiger partial charge is 0.444 e. The minimum atomic E-state index is -2.52. The number of carbonyl (C=O) groups excluding carboxylic acids is 1. The molecule has 2 rings (SSSR count). The van der Waals surface area contributed by atoms with Gasteiger partial charge < -0.3 is 9.64 Å². The predicted octanol–water partition coefficient (Wildman–Crippen LogP) is 3.02. The van der Waals surface area contributed by atoms with E-state index in [-0.39, 0.29) is 29.3 Å². The molecule has 1 saturated carbocycles. The van der Waals surface area contributed by atoms with E-state index in [0.717, 1.165) is 12.8 Å². The molecule has 1 saturated heterocycles. The molecule has 1 heterocycles. The number of hydrogen-bond acceptors (Lipinski definition) is 4. The van der Waals surface area contributed by atoms with E-state index in [0.29, 0.717) is 19.4 Å². The summed E-state index contributed by atoms with van der Waals surface area (Å²) in [5.74, 6) is 0. The van der Waals surface area contributed by atoms with Crippen LogP contribution in [0.3, 0.4) is 0 Å². The molecule has 1 N–H and O–H groups in total. The van der Waals surface area contributed by atoms with Crippen molar-refractivity contribution in [1.29, 1.82) is 4.78 Å². The standard InChI is InChI=1S/C13H24N2O3S.ClH/c1-12(2,3)18-11(16)15-8-5-10(19(4,14)17)9-13(15)6-7-13;/h10,14H,5-9H2,1-4H3;1H. The Kier molecular flexibility index (Phi) is 4.71. The maximum atomic E-state index is 12.2. The molecule has 2 fully saturated rings. The van der Waals surface area contributed by atoms with Gasteiger partial charge in [-0.2, -0.15) is 0 Å². The zero-order chi connectivity index (χ0) is 14.5. The number of likely N-dealkylation sites (tertiary alicyclic amines) is 1. The van der Waals surface area contributed by atoms with Gasteiger partial charge in [0.1, 0.15) is 5.60 Å². The second kappa shape index (κ2) is 5.37. The van der Waals surface area contributed by atoms with E-state index >= 15 is 0 Å². The number of halogens is 1. The molecule has 0 aromatic rings. The van der Waals surface area contributed by atoms with Crippen LogP contribution in [0, 0.1) is 4.78 Å². The van der Waals surface area contributed by atoms with Crippen molar-refractivity contribution in [2.75, 3.05) is 12.8 Å². The van der Waals surface area contributed by atoms with E-state index < -0.39 is 15.3 Å². The van der Waals surface area contributed by atoms with Crippen LogP contribution >= 0.6 is 12.4 Å². The Morgan fingerprint density at radius 2 is 1.95 bits per heavy atom. The molecule has 1 amide bonds. The minimum Gasteiger partial charge on any atom is -0.444 e. The third-order valence-electron chi connectivity index (χ3n) is 3.93. The maximum absolute atomic E-state index is 12.2. The average Bonchev–Trinajstić information content (AvgIpc) is 2.93. The molecule has 2 aliphatic rings.